The SMILES string of the molecule is COc1ccc(C[C@@H](Oc2ccccc2C)C(=O)O)c(OC)c1. The zero-order chi connectivity index (χ0) is 16.8. The molecule has 0 bridgehead atoms. The number of aryl methyl sites for hydroxylation is 1. The lowest BCUT2D eigenvalue weighted by atomic mass is 10.1. The molecule has 1 N–H and O–H groups in total. The van der Waals surface area contributed by atoms with Crippen LogP contribution in [0, 0.1) is 6.92 Å². The van der Waals surface area contributed by atoms with Gasteiger partial charge < -0.3 is 19.3 Å². The summed E-state index contributed by atoms with van der Waals surface area (Å²) < 4.78 is 16.1. The number of carboxylic acids is 1. The number of hydrogen-bond donors (Lipinski definition) is 1. The van der Waals surface area contributed by atoms with E-state index in [1.807, 2.05) is 25.1 Å². The Morgan fingerprint density at radius 3 is 2.43 bits per heavy atom. The first-order valence-corrected chi connectivity index (χ1v) is 7.21. The Balaban J connectivity index is 2.23. The van der Waals surface area contributed by atoms with Gasteiger partial charge >= 0.3 is 5.97 Å². The maximum atomic E-state index is 11.6. The molecule has 0 heterocycles. The molecule has 2 aromatic carbocycles. The molecule has 2 aromatic rings. The number of rotatable bonds is 7. The standard InChI is InChI=1S/C18H20O5/c1-12-6-4-5-7-15(12)23-17(18(19)20)10-13-8-9-14(21-2)11-16(13)22-3/h4-9,11,17H,10H2,1-3H3,(H,19,20)/t17-/m1/s1. The fourth-order valence-corrected chi connectivity index (χ4v) is 2.24. The second-order valence-corrected chi connectivity index (χ2v) is 5.09. The van der Waals surface area contributed by atoms with Crippen LogP contribution in [0.15, 0.2) is 42.5 Å². The molecular weight excluding hydrogens is 296 g/mol. The van der Waals surface area contributed by atoms with E-state index >= 15 is 0 Å². The number of carbonyl (C=O) groups is 1. The third-order valence-corrected chi connectivity index (χ3v) is 3.54. The Kier molecular flexibility index (Phi) is 5.46. The zero-order valence-corrected chi connectivity index (χ0v) is 13.4. The average molecular weight is 316 g/mol. The summed E-state index contributed by atoms with van der Waals surface area (Å²) in [5.41, 5.74) is 1.63. The highest BCUT2D eigenvalue weighted by Crippen LogP contribution is 2.27. The molecule has 122 valence electrons. The molecule has 0 radical (unpaired) electrons. The maximum Gasteiger partial charge on any atom is 0.345 e. The fraction of sp³-hybridized carbons (Fsp3) is 0.278. The second-order valence-electron chi connectivity index (χ2n) is 5.09. The quantitative estimate of drug-likeness (QED) is 0.850. The van der Waals surface area contributed by atoms with Crippen LogP contribution in [0.5, 0.6) is 17.2 Å². The molecule has 0 aliphatic heterocycles. The van der Waals surface area contributed by atoms with Gasteiger partial charge in [-0.2, -0.15) is 0 Å². The summed E-state index contributed by atoms with van der Waals surface area (Å²) in [5.74, 6) is 0.764. The first-order chi connectivity index (χ1) is 11.0. The molecule has 0 spiro atoms. The largest absolute Gasteiger partial charge is 0.497 e. The third kappa shape index (κ3) is 4.16. The molecule has 0 unspecified atom stereocenters. The van der Waals surface area contributed by atoms with E-state index in [9.17, 15) is 9.90 Å². The first kappa shape index (κ1) is 16.7. The van der Waals surface area contributed by atoms with Gasteiger partial charge in [0.1, 0.15) is 17.2 Å². The highest BCUT2D eigenvalue weighted by Gasteiger charge is 2.22. The van der Waals surface area contributed by atoms with Crippen LogP contribution in [-0.4, -0.2) is 31.4 Å². The van der Waals surface area contributed by atoms with Crippen LogP contribution >= 0.6 is 0 Å². The number of para-hydroxylation sites is 1. The molecule has 0 aliphatic rings. The van der Waals surface area contributed by atoms with Gasteiger partial charge in [-0.25, -0.2) is 4.79 Å². The van der Waals surface area contributed by atoms with Crippen LogP contribution in [0.4, 0.5) is 0 Å². The molecular formula is C18H20O5. The van der Waals surface area contributed by atoms with E-state index in [1.165, 1.54) is 7.11 Å². The van der Waals surface area contributed by atoms with E-state index in [4.69, 9.17) is 14.2 Å². The van der Waals surface area contributed by atoms with Gasteiger partial charge in [0.05, 0.1) is 14.2 Å². The Labute approximate surface area is 135 Å². The lowest BCUT2D eigenvalue weighted by molar-refractivity contribution is -0.145. The van der Waals surface area contributed by atoms with Crippen LogP contribution in [0.1, 0.15) is 11.1 Å². The molecule has 0 saturated carbocycles. The van der Waals surface area contributed by atoms with Crippen molar-refractivity contribution in [3.63, 3.8) is 0 Å². The summed E-state index contributed by atoms with van der Waals surface area (Å²) in [4.78, 5) is 11.6. The van der Waals surface area contributed by atoms with Crippen molar-refractivity contribution in [2.45, 2.75) is 19.4 Å². The predicted molar refractivity (Wildman–Crippen MR) is 86.5 cm³/mol. The van der Waals surface area contributed by atoms with Crippen molar-refractivity contribution in [2.24, 2.45) is 0 Å². The highest BCUT2D eigenvalue weighted by atomic mass is 16.5. The van der Waals surface area contributed by atoms with Crippen molar-refractivity contribution in [2.75, 3.05) is 14.2 Å². The summed E-state index contributed by atoms with van der Waals surface area (Å²) in [5, 5.41) is 9.46. The van der Waals surface area contributed by atoms with Gasteiger partial charge in [0.15, 0.2) is 6.10 Å². The minimum atomic E-state index is -1.02. The molecule has 0 saturated heterocycles. The van der Waals surface area contributed by atoms with Crippen molar-refractivity contribution in [3.8, 4) is 17.2 Å². The van der Waals surface area contributed by atoms with Crippen LogP contribution < -0.4 is 14.2 Å². The van der Waals surface area contributed by atoms with Gasteiger partial charge in [0.2, 0.25) is 0 Å². The van der Waals surface area contributed by atoms with E-state index in [1.54, 1.807) is 31.4 Å². The van der Waals surface area contributed by atoms with E-state index in [-0.39, 0.29) is 6.42 Å². The Hall–Kier alpha value is -2.69. The number of hydrogen-bond acceptors (Lipinski definition) is 4. The van der Waals surface area contributed by atoms with Crippen molar-refractivity contribution in [1.29, 1.82) is 0 Å². The summed E-state index contributed by atoms with van der Waals surface area (Å²) >= 11 is 0. The van der Waals surface area contributed by atoms with E-state index in [0.29, 0.717) is 17.2 Å². The molecule has 5 heteroatoms. The lowest BCUT2D eigenvalue weighted by Crippen LogP contribution is -2.29. The van der Waals surface area contributed by atoms with Crippen LogP contribution in [0.25, 0.3) is 0 Å². The van der Waals surface area contributed by atoms with E-state index in [2.05, 4.69) is 0 Å². The smallest absolute Gasteiger partial charge is 0.345 e. The summed E-state index contributed by atoms with van der Waals surface area (Å²) in [6.07, 6.45) is -0.810. The van der Waals surface area contributed by atoms with Gasteiger partial charge in [-0.05, 0) is 30.2 Å². The predicted octanol–water partition coefficient (Wildman–Crippen LogP) is 3.09. The first-order valence-electron chi connectivity index (χ1n) is 7.21. The normalized spacial score (nSPS) is 11.6. The van der Waals surface area contributed by atoms with Crippen molar-refractivity contribution in [3.05, 3.63) is 53.6 Å². The van der Waals surface area contributed by atoms with Crippen molar-refractivity contribution in [1.82, 2.24) is 0 Å². The second kappa shape index (κ2) is 7.54. The molecule has 1 atom stereocenters. The summed E-state index contributed by atoms with van der Waals surface area (Å²) in [6.45, 7) is 1.88. The topological polar surface area (TPSA) is 65.0 Å². The van der Waals surface area contributed by atoms with Crippen molar-refractivity contribution < 1.29 is 24.1 Å². The number of methoxy groups -OCH3 is 2. The molecule has 0 fully saturated rings. The molecule has 0 amide bonds. The minimum Gasteiger partial charge on any atom is -0.497 e. The van der Waals surface area contributed by atoms with Crippen LogP contribution in [0.2, 0.25) is 0 Å². The van der Waals surface area contributed by atoms with Crippen LogP contribution in [-0.2, 0) is 11.2 Å². The Bertz CT molecular complexity index is 681. The molecule has 0 aromatic heterocycles. The zero-order valence-electron chi connectivity index (χ0n) is 13.4. The van der Waals surface area contributed by atoms with E-state index in [0.717, 1.165) is 11.1 Å². The number of carboxylic acid groups (broad SMARTS) is 1. The Morgan fingerprint density at radius 2 is 1.83 bits per heavy atom. The third-order valence-electron chi connectivity index (χ3n) is 3.54. The average Bonchev–Trinajstić information content (AvgIpc) is 2.56. The van der Waals surface area contributed by atoms with Gasteiger partial charge in [0, 0.05) is 12.5 Å². The van der Waals surface area contributed by atoms with Gasteiger partial charge in [-0.3, -0.25) is 0 Å². The van der Waals surface area contributed by atoms with Crippen molar-refractivity contribution >= 4 is 5.97 Å². The number of benzene rings is 2. The monoisotopic (exact) mass is 316 g/mol. The maximum absolute atomic E-state index is 11.6. The highest BCUT2D eigenvalue weighted by molar-refractivity contribution is 5.73. The van der Waals surface area contributed by atoms with Gasteiger partial charge in [-0.1, -0.05) is 24.3 Å². The number of aliphatic carboxylic acids is 1. The van der Waals surface area contributed by atoms with Crippen LogP contribution in [0.3, 0.4) is 0 Å². The van der Waals surface area contributed by atoms with Gasteiger partial charge in [-0.15, -0.1) is 0 Å². The molecule has 2 rings (SSSR count). The fourth-order valence-electron chi connectivity index (χ4n) is 2.24. The molecule has 23 heavy (non-hydrogen) atoms. The number of ether oxygens (including phenoxy) is 3. The Morgan fingerprint density at radius 1 is 1.09 bits per heavy atom. The minimum absolute atomic E-state index is 0.191. The summed E-state index contributed by atoms with van der Waals surface area (Å²) in [7, 11) is 3.10. The molecule has 5 nitrogen and oxygen atoms in total. The van der Waals surface area contributed by atoms with Gasteiger partial charge in [0.25, 0.3) is 0 Å². The van der Waals surface area contributed by atoms with E-state index < -0.39 is 12.1 Å². The molecule has 0 aliphatic carbocycles. The lowest BCUT2D eigenvalue weighted by Gasteiger charge is -2.18. The summed E-state index contributed by atoms with van der Waals surface area (Å²) in [6, 6.07) is 12.6.